The van der Waals surface area contributed by atoms with Gasteiger partial charge < -0.3 is 19.9 Å². The van der Waals surface area contributed by atoms with Crippen molar-refractivity contribution in [3.63, 3.8) is 0 Å². The third-order valence-electron chi connectivity index (χ3n) is 5.00. The van der Waals surface area contributed by atoms with Crippen molar-refractivity contribution in [1.29, 1.82) is 0 Å². The Balaban J connectivity index is 0.00000432. The minimum atomic E-state index is -0.486. The molecule has 0 spiro atoms. The van der Waals surface area contributed by atoms with Gasteiger partial charge in [-0.15, -0.1) is 10.2 Å². The molecule has 3 aromatic rings. The number of aromatic hydroxyl groups is 1. The van der Waals surface area contributed by atoms with Crippen LogP contribution in [0.1, 0.15) is 58.8 Å². The number of aromatic nitrogens is 4. The number of rotatable bonds is 11. The zero-order valence-electron chi connectivity index (χ0n) is 20.1. The number of phenols is 1. The van der Waals surface area contributed by atoms with Crippen LogP contribution in [0.5, 0.6) is 17.2 Å². The first kappa shape index (κ1) is 28.8. The van der Waals surface area contributed by atoms with E-state index in [0.717, 1.165) is 16.5 Å². The number of benzene rings is 2. The minimum Gasteiger partial charge on any atom is -0.507 e. The van der Waals surface area contributed by atoms with E-state index >= 15 is 0 Å². The second kappa shape index (κ2) is 13.6. The number of phenolic OH excluding ortho intramolecular Hbond substituents is 1. The van der Waals surface area contributed by atoms with Crippen LogP contribution in [0.4, 0.5) is 5.69 Å². The first-order valence-electron chi connectivity index (χ1n) is 10.8. The Hall–Kier alpha value is -2.47. The van der Waals surface area contributed by atoms with Crippen molar-refractivity contribution in [2.24, 2.45) is 0 Å². The monoisotopic (exact) mass is 554 g/mol. The molecule has 12 heteroatoms. The van der Waals surface area contributed by atoms with Crippen LogP contribution in [-0.4, -0.2) is 80.2 Å². The van der Waals surface area contributed by atoms with Gasteiger partial charge in [-0.3, -0.25) is 9.59 Å². The van der Waals surface area contributed by atoms with Crippen molar-refractivity contribution in [1.82, 2.24) is 20.6 Å². The number of halogens is 1. The number of Topliss-reactive ketones (excluding diaryl/α,β-unsaturated/α-hetero) is 1. The summed E-state index contributed by atoms with van der Waals surface area (Å²) in [6.07, 6.45) is 1.99. The number of hydrogen-bond donors (Lipinski definition) is 3. The quantitative estimate of drug-likeness (QED) is 0.184. The van der Waals surface area contributed by atoms with E-state index < -0.39 is 5.91 Å². The summed E-state index contributed by atoms with van der Waals surface area (Å²) >= 11 is 3.48. The molecule has 0 aliphatic carbocycles. The summed E-state index contributed by atoms with van der Waals surface area (Å²) < 4.78 is 12.5. The summed E-state index contributed by atoms with van der Waals surface area (Å²) in [6, 6.07) is 6.86. The normalized spacial score (nSPS) is 10.4. The molecule has 0 fully saturated rings. The molecule has 0 unspecified atom stereocenters. The van der Waals surface area contributed by atoms with E-state index in [-0.39, 0.29) is 46.9 Å². The smallest absolute Gasteiger partial charge is 0.297 e. The van der Waals surface area contributed by atoms with Crippen molar-refractivity contribution < 1.29 is 24.2 Å². The van der Waals surface area contributed by atoms with Gasteiger partial charge in [-0.1, -0.05) is 13.3 Å². The number of nitrogens with one attached hydrogen (secondary N) is 2. The number of ketones is 1. The van der Waals surface area contributed by atoms with Gasteiger partial charge in [-0.2, -0.15) is 5.21 Å². The summed E-state index contributed by atoms with van der Waals surface area (Å²) in [6.45, 7) is 6.00. The fourth-order valence-corrected chi connectivity index (χ4v) is 3.86. The maximum absolute atomic E-state index is 12.2. The summed E-state index contributed by atoms with van der Waals surface area (Å²) in [7, 11) is 0. The SMILES string of the molecule is CCCc1c(OCCCOc2cc(NC(=O)c3nn[nH]n3)c(C)cc2Br)ccc(C(C)=O)c1O.[Na]. The van der Waals surface area contributed by atoms with Crippen molar-refractivity contribution in [2.45, 2.75) is 40.0 Å². The minimum absolute atomic E-state index is 0. The third kappa shape index (κ3) is 7.50. The fraction of sp³-hybridized carbons (Fsp3) is 0.348. The van der Waals surface area contributed by atoms with Gasteiger partial charge in [-0.05, 0) is 65.2 Å². The molecule has 1 amide bonds. The van der Waals surface area contributed by atoms with Gasteiger partial charge in [0, 0.05) is 53.3 Å². The molecule has 3 rings (SSSR count). The van der Waals surface area contributed by atoms with Crippen LogP contribution in [-0.2, 0) is 6.42 Å². The molecule has 0 bridgehead atoms. The first-order valence-corrected chi connectivity index (χ1v) is 11.6. The average Bonchev–Trinajstić information content (AvgIpc) is 3.33. The Kier molecular flexibility index (Phi) is 11.2. The van der Waals surface area contributed by atoms with Crippen LogP contribution in [0.3, 0.4) is 0 Å². The van der Waals surface area contributed by atoms with Gasteiger partial charge in [-0.25, -0.2) is 0 Å². The molecule has 2 aromatic carbocycles. The zero-order valence-corrected chi connectivity index (χ0v) is 23.7. The van der Waals surface area contributed by atoms with Crippen LogP contribution in [0.2, 0.25) is 0 Å². The number of anilines is 1. The molecule has 35 heavy (non-hydrogen) atoms. The third-order valence-corrected chi connectivity index (χ3v) is 5.62. The molecule has 0 aliphatic heterocycles. The number of ether oxygens (including phenoxy) is 2. The Morgan fingerprint density at radius 3 is 2.51 bits per heavy atom. The van der Waals surface area contributed by atoms with E-state index in [2.05, 4.69) is 41.9 Å². The maximum atomic E-state index is 12.2. The van der Waals surface area contributed by atoms with E-state index in [1.807, 2.05) is 19.9 Å². The van der Waals surface area contributed by atoms with Gasteiger partial charge in [0.2, 0.25) is 0 Å². The Labute approximate surface area is 233 Å². The van der Waals surface area contributed by atoms with E-state index in [0.29, 0.717) is 54.4 Å². The molecule has 0 saturated carbocycles. The van der Waals surface area contributed by atoms with Crippen LogP contribution < -0.4 is 14.8 Å². The van der Waals surface area contributed by atoms with Crippen LogP contribution in [0, 0.1) is 6.92 Å². The van der Waals surface area contributed by atoms with Crippen LogP contribution >= 0.6 is 15.9 Å². The number of tetrazole rings is 1. The number of carbonyl (C=O) groups is 2. The van der Waals surface area contributed by atoms with Gasteiger partial charge in [0.15, 0.2) is 5.78 Å². The molecule has 10 nitrogen and oxygen atoms in total. The summed E-state index contributed by atoms with van der Waals surface area (Å²) in [5, 5.41) is 26.1. The summed E-state index contributed by atoms with van der Waals surface area (Å²) in [5.74, 6) is 0.372. The van der Waals surface area contributed by atoms with E-state index in [9.17, 15) is 14.7 Å². The van der Waals surface area contributed by atoms with Gasteiger partial charge >= 0.3 is 0 Å². The van der Waals surface area contributed by atoms with E-state index in [1.165, 1.54) is 6.92 Å². The first-order chi connectivity index (χ1) is 16.3. The molecule has 3 N–H and O–H groups in total. The van der Waals surface area contributed by atoms with Crippen molar-refractivity contribution in [3.8, 4) is 17.2 Å². The fourth-order valence-electron chi connectivity index (χ4n) is 3.29. The van der Waals surface area contributed by atoms with Crippen LogP contribution in [0.25, 0.3) is 0 Å². The number of amides is 1. The van der Waals surface area contributed by atoms with Crippen molar-refractivity contribution in [2.75, 3.05) is 18.5 Å². The topological polar surface area (TPSA) is 139 Å². The molecule has 1 aromatic heterocycles. The van der Waals surface area contributed by atoms with Gasteiger partial charge in [0.1, 0.15) is 17.2 Å². The van der Waals surface area contributed by atoms with Crippen LogP contribution in [0.15, 0.2) is 28.7 Å². The molecular formula is C23H26BrN5NaO5. The molecule has 1 heterocycles. The molecule has 1 radical (unpaired) electrons. The molecule has 0 aliphatic rings. The number of H-pyrrole nitrogens is 1. The number of aryl methyl sites for hydroxylation is 1. The second-order valence-corrected chi connectivity index (χ2v) is 8.44. The summed E-state index contributed by atoms with van der Waals surface area (Å²) in [4.78, 5) is 23.9. The number of hydrogen-bond acceptors (Lipinski definition) is 8. The van der Waals surface area contributed by atoms with Crippen molar-refractivity contribution >= 4 is 62.9 Å². The van der Waals surface area contributed by atoms with Gasteiger partial charge in [0.25, 0.3) is 11.7 Å². The standard InChI is InChI=1S/C23H26BrN5O5.Na/c1-4-6-16-19(8-7-15(14(3)30)21(16)31)33-9-5-10-34-20-12-18(13(2)11-17(20)24)25-23(32)22-26-28-29-27-22;/h7-8,11-12,31H,4-6,9-10H2,1-3H3,(H,25,32)(H,26,27,28,29);. The van der Waals surface area contributed by atoms with E-state index in [4.69, 9.17) is 9.47 Å². The average molecular weight is 555 g/mol. The number of nitrogens with zero attached hydrogens (tertiary/aromatic N) is 3. The number of aromatic amines is 1. The molecule has 181 valence electrons. The van der Waals surface area contributed by atoms with Gasteiger partial charge in [0.05, 0.1) is 23.2 Å². The molecule has 0 atom stereocenters. The Bertz CT molecular complexity index is 1170. The number of carbonyl (C=O) groups excluding carboxylic acids is 2. The largest absolute Gasteiger partial charge is 0.507 e. The zero-order chi connectivity index (χ0) is 24.7. The Morgan fingerprint density at radius 2 is 1.89 bits per heavy atom. The Morgan fingerprint density at radius 1 is 1.17 bits per heavy atom. The maximum Gasteiger partial charge on any atom is 0.297 e. The van der Waals surface area contributed by atoms with Crippen molar-refractivity contribution in [3.05, 3.63) is 51.3 Å². The molecule has 0 saturated heterocycles. The predicted molar refractivity (Wildman–Crippen MR) is 134 cm³/mol. The van der Waals surface area contributed by atoms with E-state index in [1.54, 1.807) is 18.2 Å². The molecular weight excluding hydrogens is 529 g/mol. The second-order valence-electron chi connectivity index (χ2n) is 7.58. The predicted octanol–water partition coefficient (Wildman–Crippen LogP) is 3.85. The summed E-state index contributed by atoms with van der Waals surface area (Å²) in [5.41, 5.74) is 2.33.